The van der Waals surface area contributed by atoms with Crippen molar-refractivity contribution in [1.29, 1.82) is 0 Å². The van der Waals surface area contributed by atoms with Crippen LogP contribution in [0.4, 0.5) is 10.5 Å². The molecule has 1 aliphatic heterocycles. The number of carbonyl (C=O) groups is 2. The maximum Gasteiger partial charge on any atom is 0.286 e. The number of para-hydroxylation sites is 1. The van der Waals surface area contributed by atoms with E-state index in [4.69, 9.17) is 9.47 Å². The molecule has 0 aliphatic carbocycles. The molecule has 0 saturated heterocycles. The minimum absolute atomic E-state index is 0.110. The summed E-state index contributed by atoms with van der Waals surface area (Å²) < 4.78 is 11.6. The molecule has 1 unspecified atom stereocenters. The highest BCUT2D eigenvalue weighted by atomic mass is 32.2. The van der Waals surface area contributed by atoms with Crippen LogP contribution >= 0.6 is 11.8 Å². The Morgan fingerprint density at radius 3 is 2.80 bits per heavy atom. The van der Waals surface area contributed by atoms with Gasteiger partial charge in [0.15, 0.2) is 0 Å². The van der Waals surface area contributed by atoms with Gasteiger partial charge < -0.3 is 19.7 Å². The lowest BCUT2D eigenvalue weighted by Crippen LogP contribution is -2.16. The summed E-state index contributed by atoms with van der Waals surface area (Å²) in [4.78, 5) is 26.7. The van der Waals surface area contributed by atoms with Crippen LogP contribution in [-0.2, 0) is 11.2 Å². The molecule has 0 bridgehead atoms. The number of hydrogen-bond acceptors (Lipinski definition) is 5. The number of ether oxygens (including phenoxy) is 2. The summed E-state index contributed by atoms with van der Waals surface area (Å²) in [6, 6.07) is 11.1. The van der Waals surface area contributed by atoms with Crippen molar-refractivity contribution < 1.29 is 19.1 Å². The van der Waals surface area contributed by atoms with Gasteiger partial charge in [0.05, 0.1) is 12.3 Å². The summed E-state index contributed by atoms with van der Waals surface area (Å²) in [7, 11) is 3.38. The Hall–Kier alpha value is -2.93. The van der Waals surface area contributed by atoms with Crippen LogP contribution in [0.2, 0.25) is 0 Å². The number of thioether (sulfide) groups is 1. The Kier molecular flexibility index (Phi) is 7.05. The zero-order valence-corrected chi connectivity index (χ0v) is 18.4. The second-order valence-corrected chi connectivity index (χ2v) is 8.14. The summed E-state index contributed by atoms with van der Waals surface area (Å²) in [5.41, 5.74) is 2.48. The Balaban J connectivity index is 1.76. The van der Waals surface area contributed by atoms with E-state index in [1.54, 1.807) is 32.3 Å². The molecule has 0 saturated carbocycles. The zero-order valence-electron chi connectivity index (χ0n) is 17.6. The van der Waals surface area contributed by atoms with Crippen molar-refractivity contribution in [2.75, 3.05) is 26.0 Å². The summed E-state index contributed by atoms with van der Waals surface area (Å²) in [5, 5.41) is 2.74. The second-order valence-electron chi connectivity index (χ2n) is 7.14. The lowest BCUT2D eigenvalue weighted by atomic mass is 10.1. The van der Waals surface area contributed by atoms with Gasteiger partial charge in [-0.3, -0.25) is 9.59 Å². The van der Waals surface area contributed by atoms with E-state index in [1.165, 1.54) is 11.0 Å². The van der Waals surface area contributed by atoms with Gasteiger partial charge in [0.2, 0.25) is 5.91 Å². The van der Waals surface area contributed by atoms with E-state index in [-0.39, 0.29) is 17.3 Å². The van der Waals surface area contributed by atoms with Gasteiger partial charge in [-0.1, -0.05) is 12.1 Å². The van der Waals surface area contributed by atoms with Crippen molar-refractivity contribution in [3.8, 4) is 11.5 Å². The number of benzene rings is 2. The number of carbonyl (C=O) groups excluding carboxylic acids is 2. The molecule has 3 rings (SSSR count). The maximum atomic E-state index is 12.5. The Bertz CT molecular complexity index is 972. The van der Waals surface area contributed by atoms with Crippen LogP contribution in [0.3, 0.4) is 0 Å². The van der Waals surface area contributed by atoms with E-state index in [1.807, 2.05) is 38.1 Å². The van der Waals surface area contributed by atoms with E-state index in [9.17, 15) is 9.59 Å². The van der Waals surface area contributed by atoms with Gasteiger partial charge in [0.1, 0.15) is 17.6 Å². The minimum atomic E-state index is -0.294. The van der Waals surface area contributed by atoms with Gasteiger partial charge in [0.25, 0.3) is 5.24 Å². The van der Waals surface area contributed by atoms with E-state index < -0.39 is 0 Å². The molecule has 0 spiro atoms. The second kappa shape index (κ2) is 9.71. The van der Waals surface area contributed by atoms with Crippen LogP contribution in [0, 0.1) is 0 Å². The van der Waals surface area contributed by atoms with Crippen LogP contribution in [0.25, 0.3) is 6.08 Å². The Morgan fingerprint density at radius 1 is 1.30 bits per heavy atom. The smallest absolute Gasteiger partial charge is 0.286 e. The van der Waals surface area contributed by atoms with Gasteiger partial charge in [-0.15, -0.1) is 0 Å². The van der Waals surface area contributed by atoms with E-state index in [0.29, 0.717) is 17.2 Å². The molecule has 158 valence electrons. The molecule has 1 heterocycles. The first-order valence-corrected chi connectivity index (χ1v) is 10.6. The monoisotopic (exact) mass is 426 g/mol. The summed E-state index contributed by atoms with van der Waals surface area (Å²) in [6.07, 6.45) is 4.15. The molecule has 6 nitrogen and oxygen atoms in total. The number of anilines is 1. The fourth-order valence-electron chi connectivity index (χ4n) is 3.05. The van der Waals surface area contributed by atoms with Crippen LogP contribution in [-0.4, -0.2) is 42.9 Å². The van der Waals surface area contributed by atoms with Crippen LogP contribution in [0.15, 0.2) is 47.4 Å². The third kappa shape index (κ3) is 5.36. The number of nitrogens with zero attached hydrogens (tertiary/aromatic N) is 1. The number of rotatable bonds is 6. The first-order valence-electron chi connectivity index (χ1n) is 9.81. The highest BCUT2D eigenvalue weighted by molar-refractivity contribution is 8.13. The lowest BCUT2D eigenvalue weighted by molar-refractivity contribution is -0.111. The maximum absolute atomic E-state index is 12.5. The Labute approximate surface area is 181 Å². The van der Waals surface area contributed by atoms with E-state index >= 15 is 0 Å². The molecule has 1 N–H and O–H groups in total. The van der Waals surface area contributed by atoms with Crippen molar-refractivity contribution in [1.82, 2.24) is 4.90 Å². The standard InChI is InChI=1S/C23H26N2O4S/c1-5-28-19-14-17-12-15(2)29-20(17)13-16(19)10-11-22(26)24-18-8-6-7-9-21(18)30-23(27)25(3)4/h6-11,13-15H,5,12H2,1-4H3,(H,24,26)/b11-10+. The summed E-state index contributed by atoms with van der Waals surface area (Å²) >= 11 is 1.07. The fraction of sp³-hybridized carbons (Fsp3) is 0.304. The average Bonchev–Trinajstić information content (AvgIpc) is 3.06. The third-order valence-corrected chi connectivity index (χ3v) is 5.57. The molecular weight excluding hydrogens is 400 g/mol. The van der Waals surface area contributed by atoms with Gasteiger partial charge in [-0.2, -0.15) is 0 Å². The molecule has 7 heteroatoms. The number of nitrogens with one attached hydrogen (secondary N) is 1. The van der Waals surface area contributed by atoms with Crippen LogP contribution in [0.5, 0.6) is 11.5 Å². The predicted octanol–water partition coefficient (Wildman–Crippen LogP) is 4.83. The Morgan fingerprint density at radius 2 is 2.07 bits per heavy atom. The third-order valence-electron chi connectivity index (χ3n) is 4.45. The number of hydrogen-bond donors (Lipinski definition) is 1. The SMILES string of the molecule is CCOc1cc2c(cc1/C=C/C(=O)Nc1ccccc1SC(=O)N(C)C)OC(C)C2. The van der Waals surface area contributed by atoms with Crippen molar-refractivity contribution in [2.45, 2.75) is 31.3 Å². The topological polar surface area (TPSA) is 67.9 Å². The highest BCUT2D eigenvalue weighted by Gasteiger charge is 2.21. The van der Waals surface area contributed by atoms with Gasteiger partial charge in [0, 0.05) is 42.6 Å². The number of amides is 2. The molecule has 1 atom stereocenters. The predicted molar refractivity (Wildman–Crippen MR) is 120 cm³/mol. The van der Waals surface area contributed by atoms with E-state index in [2.05, 4.69) is 5.32 Å². The zero-order chi connectivity index (χ0) is 21.7. The molecule has 0 radical (unpaired) electrons. The van der Waals surface area contributed by atoms with Crippen LogP contribution < -0.4 is 14.8 Å². The average molecular weight is 427 g/mol. The molecule has 30 heavy (non-hydrogen) atoms. The molecular formula is C23H26N2O4S. The molecule has 2 amide bonds. The molecule has 0 aromatic heterocycles. The number of fused-ring (bicyclic) bond motifs is 1. The summed E-state index contributed by atoms with van der Waals surface area (Å²) in [6.45, 7) is 4.49. The molecule has 0 fully saturated rings. The van der Waals surface area contributed by atoms with Crippen molar-refractivity contribution in [3.63, 3.8) is 0 Å². The lowest BCUT2D eigenvalue weighted by Gasteiger charge is -2.12. The van der Waals surface area contributed by atoms with Gasteiger partial charge >= 0.3 is 0 Å². The van der Waals surface area contributed by atoms with Crippen LogP contribution in [0.1, 0.15) is 25.0 Å². The normalized spacial score (nSPS) is 14.9. The first-order chi connectivity index (χ1) is 14.4. The molecule has 2 aromatic carbocycles. The summed E-state index contributed by atoms with van der Waals surface area (Å²) in [5.74, 6) is 1.26. The van der Waals surface area contributed by atoms with Crippen molar-refractivity contribution >= 4 is 34.7 Å². The quantitative estimate of drug-likeness (QED) is 0.529. The van der Waals surface area contributed by atoms with E-state index in [0.717, 1.165) is 40.8 Å². The largest absolute Gasteiger partial charge is 0.493 e. The highest BCUT2D eigenvalue weighted by Crippen LogP contribution is 2.36. The van der Waals surface area contributed by atoms with Gasteiger partial charge in [-0.05, 0) is 56.0 Å². The molecule has 1 aliphatic rings. The molecule has 2 aromatic rings. The van der Waals surface area contributed by atoms with Gasteiger partial charge in [-0.25, -0.2) is 0 Å². The first kappa shape index (κ1) is 21.8. The minimum Gasteiger partial charge on any atom is -0.493 e. The van der Waals surface area contributed by atoms with Crippen molar-refractivity contribution in [2.24, 2.45) is 0 Å². The van der Waals surface area contributed by atoms with Crippen molar-refractivity contribution in [3.05, 3.63) is 53.6 Å². The fourth-order valence-corrected chi connectivity index (χ4v) is 3.80.